The highest BCUT2D eigenvalue weighted by molar-refractivity contribution is 5.95. The summed E-state index contributed by atoms with van der Waals surface area (Å²) in [6, 6.07) is 2.75. The Morgan fingerprint density at radius 2 is 1.45 bits per heavy atom. The standard InChI is InChI=1S/C23H35N7O8/c1-12(31)18(24)21(36)30-16(11-17(32)33)20(35)29-15(10-13-6-3-2-4-7-13)19(34)28-14(22(37)38)8-5-9-27-23(25)26/h2-4,6-7,12,14-16,18,31H,5,8-11,24H2,1H3,(H,28,34)(H,29,35)(H,30,36)(H,32,33)(H,37,38)(H4,25,26,27). The lowest BCUT2D eigenvalue weighted by molar-refractivity contribution is -0.143. The van der Waals surface area contributed by atoms with Crippen LogP contribution in [-0.2, 0) is 30.4 Å². The first kappa shape index (κ1) is 31.8. The van der Waals surface area contributed by atoms with Crippen molar-refractivity contribution >= 4 is 35.6 Å². The number of hydrogen-bond donors (Lipinski definition) is 9. The number of aliphatic hydroxyl groups is 1. The van der Waals surface area contributed by atoms with Gasteiger partial charge in [-0.2, -0.15) is 0 Å². The maximum Gasteiger partial charge on any atom is 0.326 e. The van der Waals surface area contributed by atoms with Gasteiger partial charge < -0.3 is 48.5 Å². The highest BCUT2D eigenvalue weighted by Crippen LogP contribution is 2.07. The van der Waals surface area contributed by atoms with E-state index in [9.17, 15) is 39.3 Å². The number of nitrogens with zero attached hydrogens (tertiary/aromatic N) is 1. The monoisotopic (exact) mass is 537 g/mol. The SMILES string of the molecule is CC(O)C(N)C(=O)NC(CC(=O)O)C(=O)NC(Cc1ccccc1)C(=O)NC(CCCN=C(N)N)C(=O)O. The Labute approximate surface area is 218 Å². The van der Waals surface area contributed by atoms with E-state index in [1.54, 1.807) is 30.3 Å². The van der Waals surface area contributed by atoms with E-state index in [4.69, 9.17) is 17.2 Å². The number of carbonyl (C=O) groups is 5. The molecule has 0 aliphatic heterocycles. The van der Waals surface area contributed by atoms with Gasteiger partial charge in [0.05, 0.1) is 12.5 Å². The number of rotatable bonds is 16. The minimum atomic E-state index is -1.63. The van der Waals surface area contributed by atoms with Crippen LogP contribution in [0.5, 0.6) is 0 Å². The van der Waals surface area contributed by atoms with E-state index in [1.807, 2.05) is 0 Å². The summed E-state index contributed by atoms with van der Waals surface area (Å²) in [4.78, 5) is 65.1. The summed E-state index contributed by atoms with van der Waals surface area (Å²) < 4.78 is 0. The number of carboxylic acids is 2. The number of benzene rings is 1. The van der Waals surface area contributed by atoms with Gasteiger partial charge in [0.25, 0.3) is 0 Å². The van der Waals surface area contributed by atoms with Crippen molar-refractivity contribution in [1.82, 2.24) is 16.0 Å². The summed E-state index contributed by atoms with van der Waals surface area (Å²) in [6.07, 6.45) is -1.97. The van der Waals surface area contributed by atoms with Gasteiger partial charge in [-0.05, 0) is 25.3 Å². The van der Waals surface area contributed by atoms with E-state index in [-0.39, 0.29) is 31.8 Å². The highest BCUT2D eigenvalue weighted by atomic mass is 16.4. The van der Waals surface area contributed by atoms with Gasteiger partial charge >= 0.3 is 11.9 Å². The number of nitrogens with one attached hydrogen (secondary N) is 3. The smallest absolute Gasteiger partial charge is 0.326 e. The lowest BCUT2D eigenvalue weighted by Crippen LogP contribution is -2.58. The Bertz CT molecular complexity index is 999. The van der Waals surface area contributed by atoms with Crippen molar-refractivity contribution in [2.24, 2.45) is 22.2 Å². The average Bonchev–Trinajstić information content (AvgIpc) is 2.84. The van der Waals surface area contributed by atoms with Crippen LogP contribution >= 0.6 is 0 Å². The maximum absolute atomic E-state index is 13.1. The van der Waals surface area contributed by atoms with E-state index >= 15 is 0 Å². The predicted molar refractivity (Wildman–Crippen MR) is 135 cm³/mol. The van der Waals surface area contributed by atoms with Gasteiger partial charge in [0.15, 0.2) is 5.96 Å². The summed E-state index contributed by atoms with van der Waals surface area (Å²) >= 11 is 0. The molecule has 210 valence electrons. The first-order chi connectivity index (χ1) is 17.8. The fourth-order valence-corrected chi connectivity index (χ4v) is 3.24. The Hall–Kier alpha value is -4.24. The van der Waals surface area contributed by atoms with Gasteiger partial charge in [-0.3, -0.25) is 24.2 Å². The zero-order valence-electron chi connectivity index (χ0n) is 20.9. The topological polar surface area (TPSA) is 273 Å². The summed E-state index contributed by atoms with van der Waals surface area (Å²) in [6.45, 7) is 1.38. The summed E-state index contributed by atoms with van der Waals surface area (Å²) in [5.74, 6) is -5.75. The van der Waals surface area contributed by atoms with Gasteiger partial charge in [-0.1, -0.05) is 30.3 Å². The molecule has 1 aromatic carbocycles. The highest BCUT2D eigenvalue weighted by Gasteiger charge is 2.32. The molecule has 0 fully saturated rings. The van der Waals surface area contributed by atoms with Crippen molar-refractivity contribution in [2.75, 3.05) is 6.54 Å². The minimum Gasteiger partial charge on any atom is -0.481 e. The Balaban J connectivity index is 3.11. The second kappa shape index (κ2) is 15.8. The summed E-state index contributed by atoms with van der Waals surface area (Å²) in [5, 5.41) is 35.2. The third kappa shape index (κ3) is 11.7. The van der Waals surface area contributed by atoms with E-state index in [0.717, 1.165) is 0 Å². The van der Waals surface area contributed by atoms with Crippen LogP contribution in [0.2, 0.25) is 0 Å². The van der Waals surface area contributed by atoms with Crippen LogP contribution in [-0.4, -0.2) is 87.8 Å². The van der Waals surface area contributed by atoms with E-state index < -0.39 is 66.4 Å². The zero-order chi connectivity index (χ0) is 28.8. The number of aliphatic hydroxyl groups excluding tert-OH is 1. The van der Waals surface area contributed by atoms with Crippen LogP contribution in [0.4, 0.5) is 0 Å². The molecule has 0 aliphatic carbocycles. The van der Waals surface area contributed by atoms with E-state index in [2.05, 4.69) is 20.9 Å². The molecule has 0 saturated heterocycles. The molecule has 0 spiro atoms. The zero-order valence-corrected chi connectivity index (χ0v) is 20.9. The molecule has 12 N–H and O–H groups in total. The molecule has 3 amide bonds. The van der Waals surface area contributed by atoms with Crippen LogP contribution in [0.3, 0.4) is 0 Å². The molecular weight excluding hydrogens is 502 g/mol. The van der Waals surface area contributed by atoms with Gasteiger partial charge in [-0.15, -0.1) is 0 Å². The quantitative estimate of drug-likeness (QED) is 0.0582. The van der Waals surface area contributed by atoms with Crippen molar-refractivity contribution in [3.63, 3.8) is 0 Å². The Kier molecular flexibility index (Phi) is 13.2. The number of guanidine groups is 1. The summed E-state index contributed by atoms with van der Waals surface area (Å²) in [5.41, 5.74) is 16.7. The fraction of sp³-hybridized carbons (Fsp3) is 0.478. The molecule has 0 heterocycles. The van der Waals surface area contributed by atoms with Crippen LogP contribution in [0, 0.1) is 0 Å². The van der Waals surface area contributed by atoms with Crippen molar-refractivity contribution in [3.05, 3.63) is 35.9 Å². The second-order valence-corrected chi connectivity index (χ2v) is 8.52. The third-order valence-corrected chi connectivity index (χ3v) is 5.31. The summed E-state index contributed by atoms with van der Waals surface area (Å²) in [7, 11) is 0. The van der Waals surface area contributed by atoms with Gasteiger partial charge in [0, 0.05) is 13.0 Å². The number of carboxylic acid groups (broad SMARTS) is 2. The minimum absolute atomic E-state index is 0.0151. The van der Waals surface area contributed by atoms with Crippen molar-refractivity contribution in [2.45, 2.75) is 62.9 Å². The van der Waals surface area contributed by atoms with Crippen molar-refractivity contribution in [3.8, 4) is 0 Å². The van der Waals surface area contributed by atoms with Gasteiger partial charge in [0.2, 0.25) is 17.7 Å². The molecule has 0 bridgehead atoms. The Morgan fingerprint density at radius 1 is 0.895 bits per heavy atom. The molecular formula is C23H35N7O8. The third-order valence-electron chi connectivity index (χ3n) is 5.31. The molecule has 15 nitrogen and oxygen atoms in total. The predicted octanol–water partition coefficient (Wildman–Crippen LogP) is -3.00. The number of hydrogen-bond acceptors (Lipinski definition) is 8. The lowest BCUT2D eigenvalue weighted by atomic mass is 10.0. The van der Waals surface area contributed by atoms with Crippen molar-refractivity contribution in [1.29, 1.82) is 0 Å². The number of amides is 3. The number of aliphatic imine (C=N–C) groups is 1. The molecule has 5 atom stereocenters. The second-order valence-electron chi connectivity index (χ2n) is 8.52. The number of nitrogens with two attached hydrogens (primary N) is 3. The van der Waals surface area contributed by atoms with E-state index in [0.29, 0.717) is 5.56 Å². The van der Waals surface area contributed by atoms with Crippen LogP contribution in [0.1, 0.15) is 31.7 Å². The normalized spacial score (nSPS) is 14.6. The first-order valence-electron chi connectivity index (χ1n) is 11.7. The van der Waals surface area contributed by atoms with Crippen LogP contribution in [0.25, 0.3) is 0 Å². The average molecular weight is 538 g/mol. The molecule has 1 aromatic rings. The molecule has 38 heavy (non-hydrogen) atoms. The molecule has 0 radical (unpaired) electrons. The van der Waals surface area contributed by atoms with Crippen LogP contribution < -0.4 is 33.2 Å². The molecule has 5 unspecified atom stereocenters. The van der Waals surface area contributed by atoms with Crippen molar-refractivity contribution < 1.29 is 39.3 Å². The molecule has 0 saturated carbocycles. The van der Waals surface area contributed by atoms with Gasteiger partial charge in [-0.25, -0.2) is 4.79 Å². The van der Waals surface area contributed by atoms with E-state index in [1.165, 1.54) is 6.92 Å². The number of aliphatic carboxylic acids is 2. The molecule has 0 aromatic heterocycles. The van der Waals surface area contributed by atoms with Crippen LogP contribution in [0.15, 0.2) is 35.3 Å². The Morgan fingerprint density at radius 3 is 1.97 bits per heavy atom. The molecule has 15 heteroatoms. The maximum atomic E-state index is 13.1. The first-order valence-corrected chi connectivity index (χ1v) is 11.7. The number of carbonyl (C=O) groups excluding carboxylic acids is 3. The van der Waals surface area contributed by atoms with Gasteiger partial charge in [0.1, 0.15) is 24.2 Å². The molecule has 0 aliphatic rings. The lowest BCUT2D eigenvalue weighted by Gasteiger charge is -2.25. The molecule has 1 rings (SSSR count). The largest absolute Gasteiger partial charge is 0.481 e. The fourth-order valence-electron chi connectivity index (χ4n) is 3.24.